The van der Waals surface area contributed by atoms with Gasteiger partial charge in [-0.15, -0.1) is 0 Å². The predicted octanol–water partition coefficient (Wildman–Crippen LogP) is 3.92. The summed E-state index contributed by atoms with van der Waals surface area (Å²) in [7, 11) is 0. The second-order valence-electron chi connectivity index (χ2n) is 11.4. The van der Waals surface area contributed by atoms with Crippen LogP contribution in [0.5, 0.6) is 0 Å². The normalized spacial score (nSPS) is 16.6. The Kier molecular flexibility index (Phi) is 9.09. The molecule has 38 heavy (non-hydrogen) atoms. The van der Waals surface area contributed by atoms with E-state index in [1.54, 1.807) is 18.2 Å². The average Bonchev–Trinajstić information content (AvgIpc) is 3.14. The summed E-state index contributed by atoms with van der Waals surface area (Å²) in [5.41, 5.74) is 0.0187. The standard InChI is InChI=1S/C16H19N3O4S.C10H20N2O2/c1-16(2,3)23-15(22)17-9-7-19(8-9)14-18-11-6-4-5-10(13(20)21)12(11)24-14;1-5-12-6-8(7-12)11-9(13)14-10(2,3)4/h4-6,9H,7-8H2,1-3H3,(H,17,22)(H,20,21);8H,5-7H2,1-4H3,(H,11,13). The number of hydrogen-bond donors (Lipinski definition) is 3. The largest absolute Gasteiger partial charge is 0.478 e. The Morgan fingerprint density at radius 1 is 0.974 bits per heavy atom. The Morgan fingerprint density at radius 2 is 1.50 bits per heavy atom. The molecule has 2 aliphatic heterocycles. The zero-order valence-electron chi connectivity index (χ0n) is 23.2. The molecule has 11 nitrogen and oxygen atoms in total. The van der Waals surface area contributed by atoms with E-state index in [1.165, 1.54) is 11.3 Å². The van der Waals surface area contributed by atoms with Crippen LogP contribution >= 0.6 is 11.3 Å². The highest BCUT2D eigenvalue weighted by Crippen LogP contribution is 2.33. The molecule has 2 saturated heterocycles. The average molecular weight is 550 g/mol. The van der Waals surface area contributed by atoms with Gasteiger partial charge in [-0.1, -0.05) is 24.3 Å². The first kappa shape index (κ1) is 29.4. The number of aromatic carboxylic acids is 1. The Morgan fingerprint density at radius 3 is 1.97 bits per heavy atom. The summed E-state index contributed by atoms with van der Waals surface area (Å²) in [6.07, 6.45) is -0.733. The van der Waals surface area contributed by atoms with Crippen molar-refractivity contribution in [2.75, 3.05) is 37.6 Å². The fourth-order valence-corrected chi connectivity index (χ4v) is 4.92. The maximum absolute atomic E-state index is 11.7. The lowest BCUT2D eigenvalue weighted by Crippen LogP contribution is -2.60. The number of nitrogens with zero attached hydrogens (tertiary/aromatic N) is 3. The van der Waals surface area contributed by atoms with Crippen LogP contribution in [0.2, 0.25) is 0 Å². The summed E-state index contributed by atoms with van der Waals surface area (Å²) in [4.78, 5) is 43.1. The first-order valence-electron chi connectivity index (χ1n) is 12.7. The number of carboxylic acids is 1. The molecule has 0 radical (unpaired) electrons. The molecule has 1 aromatic carbocycles. The van der Waals surface area contributed by atoms with Gasteiger partial charge in [-0.05, 0) is 60.2 Å². The molecule has 3 heterocycles. The van der Waals surface area contributed by atoms with Gasteiger partial charge in [0.15, 0.2) is 5.13 Å². The van der Waals surface area contributed by atoms with Crippen molar-refractivity contribution in [2.45, 2.75) is 71.8 Å². The zero-order valence-corrected chi connectivity index (χ0v) is 24.0. The minimum atomic E-state index is -0.955. The Hall–Kier alpha value is -3.12. The third-order valence-corrected chi connectivity index (χ3v) is 6.80. The molecule has 0 saturated carbocycles. The Labute approximate surface area is 227 Å². The number of aromatic nitrogens is 1. The summed E-state index contributed by atoms with van der Waals surface area (Å²) >= 11 is 1.36. The van der Waals surface area contributed by atoms with Crippen LogP contribution in [-0.2, 0) is 9.47 Å². The van der Waals surface area contributed by atoms with Gasteiger partial charge in [-0.2, -0.15) is 0 Å². The number of alkyl carbamates (subject to hydrolysis) is 2. The van der Waals surface area contributed by atoms with Gasteiger partial charge in [0.2, 0.25) is 0 Å². The summed E-state index contributed by atoms with van der Waals surface area (Å²) < 4.78 is 11.0. The summed E-state index contributed by atoms with van der Waals surface area (Å²) in [6.45, 7) is 17.4. The molecule has 0 aliphatic carbocycles. The molecule has 2 amide bonds. The number of carbonyl (C=O) groups excluding carboxylic acids is 2. The Balaban J connectivity index is 0.000000244. The van der Waals surface area contributed by atoms with Crippen LogP contribution in [0, 0.1) is 0 Å². The molecule has 0 atom stereocenters. The molecule has 3 N–H and O–H groups in total. The van der Waals surface area contributed by atoms with Gasteiger partial charge in [-0.25, -0.2) is 19.4 Å². The minimum absolute atomic E-state index is 0.00538. The van der Waals surface area contributed by atoms with Crippen LogP contribution in [0.3, 0.4) is 0 Å². The van der Waals surface area contributed by atoms with Gasteiger partial charge in [0.25, 0.3) is 0 Å². The lowest BCUT2D eigenvalue weighted by atomic mass is 10.1. The monoisotopic (exact) mass is 549 g/mol. The van der Waals surface area contributed by atoms with E-state index in [2.05, 4.69) is 27.4 Å². The first-order chi connectivity index (χ1) is 17.6. The number of ether oxygens (including phenoxy) is 2. The minimum Gasteiger partial charge on any atom is -0.478 e. The number of hydrogen-bond acceptors (Lipinski definition) is 9. The van der Waals surface area contributed by atoms with E-state index >= 15 is 0 Å². The Bertz CT molecular complexity index is 1140. The molecule has 2 aliphatic rings. The fourth-order valence-electron chi connectivity index (χ4n) is 3.83. The second-order valence-corrected chi connectivity index (χ2v) is 12.4. The highest BCUT2D eigenvalue weighted by molar-refractivity contribution is 7.22. The number of likely N-dealkylation sites (tertiary alicyclic amines) is 1. The summed E-state index contributed by atoms with van der Waals surface area (Å²) in [5.74, 6) is -0.955. The topological polar surface area (TPSA) is 133 Å². The highest BCUT2D eigenvalue weighted by Gasteiger charge is 2.32. The van der Waals surface area contributed by atoms with Crippen molar-refractivity contribution in [3.63, 3.8) is 0 Å². The number of rotatable bonds is 5. The van der Waals surface area contributed by atoms with E-state index in [4.69, 9.17) is 9.47 Å². The molecular formula is C26H39N5O6S. The number of carboxylic acid groups (broad SMARTS) is 1. The third-order valence-electron chi connectivity index (χ3n) is 5.63. The van der Waals surface area contributed by atoms with Crippen molar-refractivity contribution in [2.24, 2.45) is 0 Å². The van der Waals surface area contributed by atoms with E-state index < -0.39 is 23.3 Å². The molecule has 2 fully saturated rings. The molecule has 1 aromatic heterocycles. The van der Waals surface area contributed by atoms with Crippen LogP contribution in [-0.4, -0.2) is 89.2 Å². The van der Waals surface area contributed by atoms with Gasteiger partial charge in [0.05, 0.1) is 27.9 Å². The van der Waals surface area contributed by atoms with Crippen LogP contribution in [0.15, 0.2) is 18.2 Å². The van der Waals surface area contributed by atoms with Crippen LogP contribution in [0.25, 0.3) is 10.2 Å². The third kappa shape index (κ3) is 8.45. The maximum atomic E-state index is 11.7. The van der Waals surface area contributed by atoms with Crippen molar-refractivity contribution >= 4 is 44.8 Å². The number of amides is 2. The molecule has 0 spiro atoms. The first-order valence-corrected chi connectivity index (χ1v) is 13.5. The number of anilines is 1. The number of carbonyl (C=O) groups is 3. The molecular weight excluding hydrogens is 510 g/mol. The molecule has 0 bridgehead atoms. The van der Waals surface area contributed by atoms with Gasteiger partial charge in [-0.3, -0.25) is 4.90 Å². The molecule has 0 unspecified atom stereocenters. The van der Waals surface area contributed by atoms with E-state index in [0.717, 1.165) is 24.8 Å². The van der Waals surface area contributed by atoms with Gasteiger partial charge < -0.3 is 30.1 Å². The molecule has 210 valence electrons. The zero-order chi connectivity index (χ0) is 28.3. The van der Waals surface area contributed by atoms with Crippen LogP contribution in [0.1, 0.15) is 58.8 Å². The lowest BCUT2D eigenvalue weighted by Gasteiger charge is -2.39. The maximum Gasteiger partial charge on any atom is 0.407 e. The smallest absolute Gasteiger partial charge is 0.407 e. The van der Waals surface area contributed by atoms with Gasteiger partial charge in [0.1, 0.15) is 11.2 Å². The lowest BCUT2D eigenvalue weighted by molar-refractivity contribution is 0.0407. The van der Waals surface area contributed by atoms with Gasteiger partial charge >= 0.3 is 18.2 Å². The van der Waals surface area contributed by atoms with Gasteiger partial charge in [0, 0.05) is 26.2 Å². The van der Waals surface area contributed by atoms with E-state index in [-0.39, 0.29) is 23.7 Å². The number of likely N-dealkylation sites (N-methyl/N-ethyl adjacent to an activating group) is 1. The number of benzene rings is 1. The fraction of sp³-hybridized carbons (Fsp3) is 0.615. The predicted molar refractivity (Wildman–Crippen MR) is 147 cm³/mol. The second kappa shape index (κ2) is 11.7. The van der Waals surface area contributed by atoms with Crippen molar-refractivity contribution in [1.29, 1.82) is 0 Å². The summed E-state index contributed by atoms with van der Waals surface area (Å²) in [6, 6.07) is 5.35. The van der Waals surface area contributed by atoms with E-state index in [9.17, 15) is 19.5 Å². The number of fused-ring (bicyclic) bond motifs is 1. The van der Waals surface area contributed by atoms with Crippen LogP contribution in [0.4, 0.5) is 14.7 Å². The quantitative estimate of drug-likeness (QED) is 0.507. The SMILES string of the molecule is CC(C)(C)OC(=O)NC1CN(c2nc3cccc(C(=O)O)c3s2)C1.CCN1CC(NC(=O)OC(C)(C)C)C1. The van der Waals surface area contributed by atoms with Crippen molar-refractivity contribution in [3.05, 3.63) is 23.8 Å². The van der Waals surface area contributed by atoms with E-state index in [1.807, 2.05) is 46.4 Å². The van der Waals surface area contributed by atoms with Crippen molar-refractivity contribution in [1.82, 2.24) is 20.5 Å². The number of thiazole rings is 1. The molecule has 4 rings (SSSR count). The molecule has 12 heteroatoms. The highest BCUT2D eigenvalue weighted by atomic mass is 32.1. The number of nitrogens with one attached hydrogen (secondary N) is 2. The molecule has 2 aromatic rings. The van der Waals surface area contributed by atoms with Crippen molar-refractivity contribution in [3.8, 4) is 0 Å². The van der Waals surface area contributed by atoms with E-state index in [0.29, 0.717) is 23.3 Å². The van der Waals surface area contributed by atoms with Crippen molar-refractivity contribution < 1.29 is 29.0 Å². The summed E-state index contributed by atoms with van der Waals surface area (Å²) in [5, 5.41) is 15.7. The van der Waals surface area contributed by atoms with Crippen LogP contribution < -0.4 is 15.5 Å².